The van der Waals surface area contributed by atoms with Gasteiger partial charge in [-0.25, -0.2) is 0 Å². The minimum atomic E-state index is 0.452. The third-order valence-electron chi connectivity index (χ3n) is 3.83. The molecule has 1 saturated heterocycles. The Morgan fingerprint density at radius 1 is 1.44 bits per heavy atom. The molecule has 3 heteroatoms. The van der Waals surface area contributed by atoms with Crippen molar-refractivity contribution >= 4 is 0 Å². The van der Waals surface area contributed by atoms with Crippen molar-refractivity contribution < 1.29 is 4.74 Å². The number of nitrogens with zero attached hydrogens (tertiary/aromatic N) is 1. The number of hydrogen-bond donors (Lipinski definition) is 1. The summed E-state index contributed by atoms with van der Waals surface area (Å²) in [5.41, 5.74) is 0. The standard InChI is InChI=1S/C13H28N2O/c1-5-7-12(14-3)13(6-2)15-9-8-11(10-15)16-4/h11-14H,5-10H2,1-4H3. The summed E-state index contributed by atoms with van der Waals surface area (Å²) in [5, 5.41) is 3.48. The molecule has 0 aromatic rings. The van der Waals surface area contributed by atoms with Gasteiger partial charge in [-0.3, -0.25) is 4.90 Å². The lowest BCUT2D eigenvalue weighted by atomic mass is 10.00. The molecule has 16 heavy (non-hydrogen) atoms. The fourth-order valence-corrected chi connectivity index (χ4v) is 2.88. The van der Waals surface area contributed by atoms with Crippen LogP contribution >= 0.6 is 0 Å². The highest BCUT2D eigenvalue weighted by Gasteiger charge is 2.30. The average molecular weight is 228 g/mol. The Morgan fingerprint density at radius 2 is 2.19 bits per heavy atom. The smallest absolute Gasteiger partial charge is 0.0710 e. The van der Waals surface area contributed by atoms with Gasteiger partial charge in [-0.15, -0.1) is 0 Å². The highest BCUT2D eigenvalue weighted by Crippen LogP contribution is 2.20. The predicted molar refractivity (Wildman–Crippen MR) is 68.8 cm³/mol. The highest BCUT2D eigenvalue weighted by atomic mass is 16.5. The number of likely N-dealkylation sites (N-methyl/N-ethyl adjacent to an activating group) is 1. The van der Waals surface area contributed by atoms with Crippen molar-refractivity contribution in [3.05, 3.63) is 0 Å². The van der Waals surface area contributed by atoms with E-state index in [1.165, 1.54) is 32.2 Å². The SMILES string of the molecule is CCCC(NC)C(CC)N1CCC(OC)C1. The summed E-state index contributed by atoms with van der Waals surface area (Å²) in [6.45, 7) is 6.86. The Labute approximate surface area is 101 Å². The van der Waals surface area contributed by atoms with Gasteiger partial charge >= 0.3 is 0 Å². The van der Waals surface area contributed by atoms with Crippen molar-refractivity contribution in [2.75, 3.05) is 27.2 Å². The molecule has 3 unspecified atom stereocenters. The summed E-state index contributed by atoms with van der Waals surface area (Å²) in [6, 6.07) is 1.30. The Balaban J connectivity index is 2.52. The number of likely N-dealkylation sites (tertiary alicyclic amines) is 1. The second-order valence-corrected chi connectivity index (χ2v) is 4.80. The summed E-state index contributed by atoms with van der Waals surface area (Å²) in [6.07, 6.45) is 5.39. The van der Waals surface area contributed by atoms with Crippen molar-refractivity contribution in [2.45, 2.75) is 57.7 Å². The van der Waals surface area contributed by atoms with E-state index in [0.29, 0.717) is 18.2 Å². The van der Waals surface area contributed by atoms with E-state index in [4.69, 9.17) is 4.74 Å². The quantitative estimate of drug-likeness (QED) is 0.720. The number of methoxy groups -OCH3 is 1. The first-order valence-corrected chi connectivity index (χ1v) is 6.70. The Morgan fingerprint density at radius 3 is 2.62 bits per heavy atom. The zero-order chi connectivity index (χ0) is 12.0. The molecule has 0 saturated carbocycles. The van der Waals surface area contributed by atoms with Crippen LogP contribution < -0.4 is 5.32 Å². The number of ether oxygens (including phenoxy) is 1. The summed E-state index contributed by atoms with van der Waals surface area (Å²) >= 11 is 0. The second kappa shape index (κ2) is 7.25. The van der Waals surface area contributed by atoms with E-state index in [1.54, 1.807) is 0 Å². The van der Waals surface area contributed by atoms with E-state index in [1.807, 2.05) is 7.11 Å². The molecule has 3 nitrogen and oxygen atoms in total. The molecule has 0 spiro atoms. The molecule has 0 radical (unpaired) electrons. The topological polar surface area (TPSA) is 24.5 Å². The molecule has 3 atom stereocenters. The minimum absolute atomic E-state index is 0.452. The molecule has 0 aromatic heterocycles. The van der Waals surface area contributed by atoms with Crippen LogP contribution in [0.3, 0.4) is 0 Å². The molecule has 96 valence electrons. The van der Waals surface area contributed by atoms with Gasteiger partial charge in [0, 0.05) is 32.3 Å². The summed E-state index contributed by atoms with van der Waals surface area (Å²) < 4.78 is 5.45. The number of rotatable bonds is 7. The van der Waals surface area contributed by atoms with Crippen molar-refractivity contribution in [2.24, 2.45) is 0 Å². The maximum absolute atomic E-state index is 5.45. The molecule has 0 amide bonds. The van der Waals surface area contributed by atoms with E-state index in [9.17, 15) is 0 Å². The molecule has 1 fully saturated rings. The van der Waals surface area contributed by atoms with Gasteiger partial charge in [-0.2, -0.15) is 0 Å². The van der Waals surface area contributed by atoms with Crippen LogP contribution in [0.5, 0.6) is 0 Å². The van der Waals surface area contributed by atoms with E-state index in [2.05, 4.69) is 31.1 Å². The summed E-state index contributed by atoms with van der Waals surface area (Å²) in [7, 11) is 3.92. The van der Waals surface area contributed by atoms with Gasteiger partial charge < -0.3 is 10.1 Å². The average Bonchev–Trinajstić information content (AvgIpc) is 2.77. The minimum Gasteiger partial charge on any atom is -0.380 e. The first-order chi connectivity index (χ1) is 7.76. The predicted octanol–water partition coefficient (Wildman–Crippen LogP) is 1.87. The van der Waals surface area contributed by atoms with Crippen LogP contribution in [0.15, 0.2) is 0 Å². The maximum Gasteiger partial charge on any atom is 0.0710 e. The van der Waals surface area contributed by atoms with Gasteiger partial charge in [-0.1, -0.05) is 20.3 Å². The van der Waals surface area contributed by atoms with Crippen LogP contribution in [0.4, 0.5) is 0 Å². The van der Waals surface area contributed by atoms with E-state index < -0.39 is 0 Å². The van der Waals surface area contributed by atoms with Crippen LogP contribution in [0.25, 0.3) is 0 Å². The van der Waals surface area contributed by atoms with Gasteiger partial charge in [-0.05, 0) is 26.3 Å². The van der Waals surface area contributed by atoms with Gasteiger partial charge in [0.2, 0.25) is 0 Å². The second-order valence-electron chi connectivity index (χ2n) is 4.80. The maximum atomic E-state index is 5.45. The van der Waals surface area contributed by atoms with Gasteiger partial charge in [0.05, 0.1) is 6.10 Å². The molecule has 1 rings (SSSR count). The van der Waals surface area contributed by atoms with E-state index in [-0.39, 0.29) is 0 Å². The van der Waals surface area contributed by atoms with Gasteiger partial charge in [0.1, 0.15) is 0 Å². The summed E-state index contributed by atoms with van der Waals surface area (Å²) in [4.78, 5) is 2.60. The first kappa shape index (κ1) is 13.9. The van der Waals surface area contributed by atoms with Crippen molar-refractivity contribution in [3.63, 3.8) is 0 Å². The van der Waals surface area contributed by atoms with E-state index in [0.717, 1.165) is 6.54 Å². The van der Waals surface area contributed by atoms with Crippen LogP contribution in [-0.2, 0) is 4.74 Å². The van der Waals surface area contributed by atoms with Crippen LogP contribution in [0.2, 0.25) is 0 Å². The zero-order valence-electron chi connectivity index (χ0n) is 11.3. The molecule has 1 N–H and O–H groups in total. The molecule has 0 bridgehead atoms. The lowest BCUT2D eigenvalue weighted by molar-refractivity contribution is 0.0940. The fourth-order valence-electron chi connectivity index (χ4n) is 2.88. The Hall–Kier alpha value is -0.120. The van der Waals surface area contributed by atoms with Crippen molar-refractivity contribution in [1.29, 1.82) is 0 Å². The molecular weight excluding hydrogens is 200 g/mol. The normalized spacial score (nSPS) is 25.9. The summed E-state index contributed by atoms with van der Waals surface area (Å²) in [5.74, 6) is 0. The lowest BCUT2D eigenvalue weighted by Gasteiger charge is -2.33. The molecule has 1 aliphatic rings. The number of nitrogens with one attached hydrogen (secondary N) is 1. The molecule has 1 aliphatic heterocycles. The van der Waals surface area contributed by atoms with Crippen LogP contribution in [0, 0.1) is 0 Å². The van der Waals surface area contributed by atoms with Crippen LogP contribution in [0.1, 0.15) is 39.5 Å². The van der Waals surface area contributed by atoms with E-state index >= 15 is 0 Å². The molecular formula is C13H28N2O. The number of hydrogen-bond acceptors (Lipinski definition) is 3. The monoisotopic (exact) mass is 228 g/mol. The van der Waals surface area contributed by atoms with Crippen LogP contribution in [-0.4, -0.2) is 50.3 Å². The Kier molecular flexibility index (Phi) is 6.32. The Bertz CT molecular complexity index is 187. The van der Waals surface area contributed by atoms with Crippen molar-refractivity contribution in [1.82, 2.24) is 10.2 Å². The molecule has 1 heterocycles. The largest absolute Gasteiger partial charge is 0.380 e. The third-order valence-corrected chi connectivity index (χ3v) is 3.83. The zero-order valence-corrected chi connectivity index (χ0v) is 11.3. The van der Waals surface area contributed by atoms with Gasteiger partial charge in [0.25, 0.3) is 0 Å². The fraction of sp³-hybridized carbons (Fsp3) is 1.00. The molecule has 0 aliphatic carbocycles. The van der Waals surface area contributed by atoms with Gasteiger partial charge in [0.15, 0.2) is 0 Å². The highest BCUT2D eigenvalue weighted by molar-refractivity contribution is 4.88. The third kappa shape index (κ3) is 3.44. The first-order valence-electron chi connectivity index (χ1n) is 6.70. The molecule has 0 aromatic carbocycles. The van der Waals surface area contributed by atoms with Crippen molar-refractivity contribution in [3.8, 4) is 0 Å². The lowest BCUT2D eigenvalue weighted by Crippen LogP contribution is -2.48.